The number of hydrogen-bond acceptors (Lipinski definition) is 2. The number of rotatable bonds is 4. The van der Waals surface area contributed by atoms with Gasteiger partial charge in [-0.2, -0.15) is 0 Å². The quantitative estimate of drug-likeness (QED) is 0.446. The van der Waals surface area contributed by atoms with Crippen LogP contribution in [0.4, 0.5) is 5.69 Å². The molecule has 0 saturated heterocycles. The second-order valence-corrected chi connectivity index (χ2v) is 9.68. The maximum atomic E-state index is 12.6. The molecule has 0 fully saturated rings. The largest absolute Gasteiger partial charge is 0.361 e. The van der Waals surface area contributed by atoms with Gasteiger partial charge in [-0.25, -0.2) is 0 Å². The third-order valence-corrected chi connectivity index (χ3v) is 4.77. The Kier molecular flexibility index (Phi) is 6.73. The molecule has 2 aromatic carbocycles. The number of nitrogens with one attached hydrogen (secondary N) is 2. The van der Waals surface area contributed by atoms with Crippen molar-refractivity contribution in [1.29, 1.82) is 0 Å². The number of hydrogen-bond donors (Lipinski definition) is 2. The van der Waals surface area contributed by atoms with Crippen LogP contribution in [0.3, 0.4) is 0 Å². The fourth-order valence-corrected chi connectivity index (χ4v) is 2.79. The highest BCUT2D eigenvalue weighted by Gasteiger charge is 2.34. The van der Waals surface area contributed by atoms with Gasteiger partial charge >= 0.3 is 0 Å². The molecule has 2 rings (SSSR count). The molecule has 3 nitrogen and oxygen atoms in total. The van der Waals surface area contributed by atoms with E-state index in [1.165, 1.54) is 0 Å². The first-order valence-corrected chi connectivity index (χ1v) is 9.49. The van der Waals surface area contributed by atoms with E-state index < -0.39 is 9.96 Å². The first-order chi connectivity index (χ1) is 12.0. The van der Waals surface area contributed by atoms with Crippen molar-refractivity contribution < 1.29 is 4.79 Å². The summed E-state index contributed by atoms with van der Waals surface area (Å²) in [5.74, 6) is -0.360. The third kappa shape index (κ3) is 5.68. The van der Waals surface area contributed by atoms with E-state index in [-0.39, 0.29) is 11.3 Å². The van der Waals surface area contributed by atoms with Gasteiger partial charge in [0.1, 0.15) is 6.17 Å². The van der Waals surface area contributed by atoms with Crippen LogP contribution in [0, 0.1) is 0 Å². The van der Waals surface area contributed by atoms with E-state index in [0.717, 1.165) is 5.56 Å². The second-order valence-electron chi connectivity index (χ2n) is 6.90. The van der Waals surface area contributed by atoms with Crippen molar-refractivity contribution in [2.75, 3.05) is 5.32 Å². The standard InChI is InChI=1S/C19H20Cl4N2O/c1-18(2,3)13-10-8-12(9-11-13)16(26)25-17(19(21,22)23)24-15-7-5-4-6-14(15)20/h4-11,17,24H,1-3H3,(H,25,26). The average Bonchev–Trinajstić information content (AvgIpc) is 2.54. The Bertz CT molecular complexity index is 764. The molecule has 2 aromatic rings. The Morgan fingerprint density at radius 3 is 2.04 bits per heavy atom. The van der Waals surface area contributed by atoms with E-state index >= 15 is 0 Å². The molecular formula is C19H20Cl4N2O. The first-order valence-electron chi connectivity index (χ1n) is 7.97. The molecule has 0 heterocycles. The van der Waals surface area contributed by atoms with Gasteiger partial charge in [0.05, 0.1) is 10.7 Å². The molecule has 0 aliphatic carbocycles. The molecule has 1 atom stereocenters. The Hall–Kier alpha value is -1.13. The zero-order chi connectivity index (χ0) is 19.5. The minimum Gasteiger partial charge on any atom is -0.361 e. The molecule has 0 aliphatic heterocycles. The van der Waals surface area contributed by atoms with Crippen molar-refractivity contribution in [2.24, 2.45) is 0 Å². The molecule has 1 unspecified atom stereocenters. The monoisotopic (exact) mass is 432 g/mol. The molecule has 0 saturated carbocycles. The van der Waals surface area contributed by atoms with E-state index in [1.807, 2.05) is 12.1 Å². The molecule has 2 N–H and O–H groups in total. The van der Waals surface area contributed by atoms with Crippen molar-refractivity contribution in [1.82, 2.24) is 5.32 Å². The Morgan fingerprint density at radius 2 is 1.54 bits per heavy atom. The summed E-state index contributed by atoms with van der Waals surface area (Å²) >= 11 is 24.2. The Labute approximate surface area is 174 Å². The van der Waals surface area contributed by atoms with Crippen molar-refractivity contribution in [3.8, 4) is 0 Å². The Balaban J connectivity index is 2.18. The summed E-state index contributed by atoms with van der Waals surface area (Å²) in [4.78, 5) is 12.6. The zero-order valence-corrected chi connectivity index (χ0v) is 17.6. The minimum atomic E-state index is -1.78. The predicted octanol–water partition coefficient (Wildman–Crippen LogP) is 6.18. The van der Waals surface area contributed by atoms with Gasteiger partial charge in [0.2, 0.25) is 3.79 Å². The number of anilines is 1. The van der Waals surface area contributed by atoms with Crippen molar-refractivity contribution >= 4 is 58.0 Å². The van der Waals surface area contributed by atoms with Gasteiger partial charge in [0.15, 0.2) is 0 Å². The van der Waals surface area contributed by atoms with Crippen molar-refractivity contribution in [2.45, 2.75) is 36.1 Å². The fraction of sp³-hybridized carbons (Fsp3) is 0.316. The number of halogens is 4. The number of amides is 1. The van der Waals surface area contributed by atoms with Crippen LogP contribution in [0.25, 0.3) is 0 Å². The highest BCUT2D eigenvalue weighted by atomic mass is 35.6. The summed E-state index contributed by atoms with van der Waals surface area (Å²) in [5.41, 5.74) is 2.15. The fourth-order valence-electron chi connectivity index (χ4n) is 2.27. The predicted molar refractivity (Wildman–Crippen MR) is 112 cm³/mol. The summed E-state index contributed by atoms with van der Waals surface area (Å²) in [6.45, 7) is 6.32. The first kappa shape index (κ1) is 21.2. The van der Waals surface area contributed by atoms with Crippen LogP contribution in [0.1, 0.15) is 36.7 Å². The van der Waals surface area contributed by atoms with Gasteiger partial charge in [0.25, 0.3) is 5.91 Å². The van der Waals surface area contributed by atoms with E-state index in [1.54, 1.807) is 36.4 Å². The zero-order valence-electron chi connectivity index (χ0n) is 14.6. The van der Waals surface area contributed by atoms with Crippen LogP contribution in [-0.4, -0.2) is 15.9 Å². The molecule has 0 aromatic heterocycles. The van der Waals surface area contributed by atoms with E-state index in [4.69, 9.17) is 46.4 Å². The summed E-state index contributed by atoms with van der Waals surface area (Å²) in [6, 6.07) is 14.3. The number of para-hydroxylation sites is 1. The van der Waals surface area contributed by atoms with Crippen LogP contribution in [0.15, 0.2) is 48.5 Å². The molecule has 0 aliphatic rings. The maximum absolute atomic E-state index is 12.6. The summed E-state index contributed by atoms with van der Waals surface area (Å²) < 4.78 is -1.78. The maximum Gasteiger partial charge on any atom is 0.252 e. The van der Waals surface area contributed by atoms with E-state index in [0.29, 0.717) is 16.3 Å². The smallest absolute Gasteiger partial charge is 0.252 e. The molecule has 0 spiro atoms. The van der Waals surface area contributed by atoms with Gasteiger partial charge < -0.3 is 10.6 Å². The average molecular weight is 434 g/mol. The lowest BCUT2D eigenvalue weighted by molar-refractivity contribution is 0.0942. The van der Waals surface area contributed by atoms with Crippen LogP contribution >= 0.6 is 46.4 Å². The molecule has 1 amide bonds. The van der Waals surface area contributed by atoms with Gasteiger partial charge in [-0.1, -0.05) is 91.4 Å². The van der Waals surface area contributed by atoms with E-state index in [9.17, 15) is 4.79 Å². The lowest BCUT2D eigenvalue weighted by atomic mass is 9.87. The Morgan fingerprint density at radius 1 is 0.962 bits per heavy atom. The van der Waals surface area contributed by atoms with Crippen LogP contribution in [0.5, 0.6) is 0 Å². The molecule has 26 heavy (non-hydrogen) atoms. The summed E-state index contributed by atoms with van der Waals surface area (Å²) in [7, 11) is 0. The van der Waals surface area contributed by atoms with Gasteiger partial charge in [-0.05, 0) is 35.2 Å². The lowest BCUT2D eigenvalue weighted by Crippen LogP contribution is -2.49. The van der Waals surface area contributed by atoms with E-state index in [2.05, 4.69) is 31.4 Å². The molecule has 0 bridgehead atoms. The lowest BCUT2D eigenvalue weighted by Gasteiger charge is -2.28. The SMILES string of the molecule is CC(C)(C)c1ccc(C(=O)NC(Nc2ccccc2Cl)C(Cl)(Cl)Cl)cc1. The van der Waals surface area contributed by atoms with Crippen LogP contribution < -0.4 is 10.6 Å². The van der Waals surface area contributed by atoms with Gasteiger partial charge in [-0.15, -0.1) is 0 Å². The van der Waals surface area contributed by atoms with Crippen molar-refractivity contribution in [3.05, 3.63) is 64.7 Å². The van der Waals surface area contributed by atoms with Gasteiger partial charge in [0, 0.05) is 5.56 Å². The summed E-state index contributed by atoms with van der Waals surface area (Å²) in [5, 5.41) is 6.12. The third-order valence-electron chi connectivity index (χ3n) is 3.79. The number of alkyl halides is 3. The highest BCUT2D eigenvalue weighted by molar-refractivity contribution is 6.68. The topological polar surface area (TPSA) is 41.1 Å². The number of carbonyl (C=O) groups is 1. The van der Waals surface area contributed by atoms with Crippen molar-refractivity contribution in [3.63, 3.8) is 0 Å². The molecule has 0 radical (unpaired) electrons. The normalized spacial score (nSPS) is 13.2. The second kappa shape index (κ2) is 8.26. The molecule has 140 valence electrons. The van der Waals surface area contributed by atoms with Gasteiger partial charge in [-0.3, -0.25) is 4.79 Å². The minimum absolute atomic E-state index is 0.000719. The van der Waals surface area contributed by atoms with Crippen LogP contribution in [0.2, 0.25) is 5.02 Å². The molecule has 7 heteroatoms. The highest BCUT2D eigenvalue weighted by Crippen LogP contribution is 2.33. The van der Waals surface area contributed by atoms with Crippen LogP contribution in [-0.2, 0) is 5.41 Å². The molecular weight excluding hydrogens is 414 g/mol. The number of benzene rings is 2. The summed E-state index contributed by atoms with van der Waals surface area (Å²) in [6.07, 6.45) is -0.970. The number of carbonyl (C=O) groups excluding carboxylic acids is 1.